The number of H-pyrrole nitrogens is 1. The molecule has 2 aromatic heterocycles. The van der Waals surface area contributed by atoms with Gasteiger partial charge in [0.15, 0.2) is 0 Å². The fourth-order valence-corrected chi connectivity index (χ4v) is 3.68. The number of aromatic amines is 1. The number of rotatable bonds is 5. The Morgan fingerprint density at radius 3 is 2.45 bits per heavy atom. The van der Waals surface area contributed by atoms with Crippen molar-refractivity contribution >= 4 is 22.9 Å². The van der Waals surface area contributed by atoms with Crippen LogP contribution in [0.2, 0.25) is 0 Å². The van der Waals surface area contributed by atoms with Crippen molar-refractivity contribution in [3.05, 3.63) is 94.2 Å². The van der Waals surface area contributed by atoms with E-state index in [1.54, 1.807) is 36.4 Å². The first kappa shape index (κ1) is 18.9. The van der Waals surface area contributed by atoms with E-state index < -0.39 is 23.2 Å². The van der Waals surface area contributed by atoms with Crippen molar-refractivity contribution in [2.24, 2.45) is 0 Å². The number of nitrogens with one attached hydrogen (secondary N) is 2. The summed E-state index contributed by atoms with van der Waals surface area (Å²) in [6, 6.07) is 14.9. The van der Waals surface area contributed by atoms with Crippen LogP contribution in [-0.4, -0.2) is 16.1 Å². The van der Waals surface area contributed by atoms with Gasteiger partial charge < -0.3 is 5.32 Å². The third-order valence-corrected chi connectivity index (χ3v) is 5.36. The zero-order valence-electron chi connectivity index (χ0n) is 14.9. The number of carbonyl (C=O) groups excluding carboxylic acids is 1. The molecule has 2 N–H and O–H groups in total. The molecule has 0 saturated heterocycles. The molecule has 0 unspecified atom stereocenters. The number of hydrogen-bond acceptors (Lipinski definition) is 3. The Balaban J connectivity index is 1.50. The lowest BCUT2D eigenvalue weighted by Gasteiger charge is -2.05. The number of anilines is 1. The Morgan fingerprint density at radius 2 is 1.69 bits per heavy atom. The van der Waals surface area contributed by atoms with Gasteiger partial charge in [0.05, 0.1) is 9.75 Å². The first-order chi connectivity index (χ1) is 14.0. The zero-order valence-corrected chi connectivity index (χ0v) is 15.7. The van der Waals surface area contributed by atoms with Crippen molar-refractivity contribution in [2.45, 2.75) is 6.42 Å². The molecule has 2 heterocycles. The van der Waals surface area contributed by atoms with E-state index in [1.807, 2.05) is 0 Å². The summed E-state index contributed by atoms with van der Waals surface area (Å²) in [7, 11) is 0. The summed E-state index contributed by atoms with van der Waals surface area (Å²) in [4.78, 5) is 13.3. The van der Waals surface area contributed by atoms with Crippen LogP contribution in [-0.2, 0) is 6.42 Å². The average molecular weight is 413 g/mol. The number of benzene rings is 2. The van der Waals surface area contributed by atoms with Gasteiger partial charge in [-0.2, -0.15) is 5.10 Å². The molecule has 1 amide bonds. The molecular weight excluding hydrogens is 399 g/mol. The lowest BCUT2D eigenvalue weighted by Crippen LogP contribution is -2.12. The van der Waals surface area contributed by atoms with Crippen molar-refractivity contribution < 1.29 is 18.0 Å². The molecule has 2 aromatic carbocycles. The molecule has 0 radical (unpaired) electrons. The minimum atomic E-state index is -0.847. The molecule has 0 fully saturated rings. The molecule has 4 rings (SSSR count). The SMILES string of the molecule is O=C(Nc1c(F)cccc1F)c1ccc(-c2cc(Cc3ccccc3F)[nH]n2)s1. The highest BCUT2D eigenvalue weighted by atomic mass is 32.1. The molecule has 0 aliphatic rings. The number of thiophene rings is 1. The van der Waals surface area contributed by atoms with Crippen LogP contribution in [0.5, 0.6) is 0 Å². The normalized spacial score (nSPS) is 10.9. The highest BCUT2D eigenvalue weighted by Crippen LogP contribution is 2.29. The fourth-order valence-electron chi connectivity index (χ4n) is 2.82. The van der Waals surface area contributed by atoms with E-state index in [0.717, 1.165) is 29.2 Å². The van der Waals surface area contributed by atoms with Gasteiger partial charge in [-0.25, -0.2) is 13.2 Å². The smallest absolute Gasteiger partial charge is 0.265 e. The summed E-state index contributed by atoms with van der Waals surface area (Å²) in [6.07, 6.45) is 0.352. The number of nitrogens with zero attached hydrogens (tertiary/aromatic N) is 1. The molecule has 0 aliphatic carbocycles. The van der Waals surface area contributed by atoms with Gasteiger partial charge in [-0.05, 0) is 42.0 Å². The molecule has 8 heteroatoms. The van der Waals surface area contributed by atoms with Crippen LogP contribution in [0.3, 0.4) is 0 Å². The van der Waals surface area contributed by atoms with Gasteiger partial charge in [0.1, 0.15) is 28.8 Å². The maximum Gasteiger partial charge on any atom is 0.265 e. The third kappa shape index (κ3) is 4.07. The molecular formula is C21H14F3N3OS. The van der Waals surface area contributed by atoms with E-state index in [-0.39, 0.29) is 10.7 Å². The van der Waals surface area contributed by atoms with Crippen LogP contribution in [0.4, 0.5) is 18.9 Å². The Kier molecular flexibility index (Phi) is 5.18. The summed E-state index contributed by atoms with van der Waals surface area (Å²) in [6.45, 7) is 0. The summed E-state index contributed by atoms with van der Waals surface area (Å²) in [5.41, 5.74) is 1.37. The minimum Gasteiger partial charge on any atom is -0.316 e. The maximum absolute atomic E-state index is 13.8. The summed E-state index contributed by atoms with van der Waals surface area (Å²) in [5, 5.41) is 9.33. The molecule has 0 saturated carbocycles. The summed E-state index contributed by atoms with van der Waals surface area (Å²) in [5.74, 6) is -2.60. The minimum absolute atomic E-state index is 0.279. The van der Waals surface area contributed by atoms with Crippen LogP contribution in [0.25, 0.3) is 10.6 Å². The first-order valence-corrected chi connectivity index (χ1v) is 9.46. The molecule has 0 aliphatic heterocycles. The quantitative estimate of drug-likeness (QED) is 0.460. The Hall–Kier alpha value is -3.39. The summed E-state index contributed by atoms with van der Waals surface area (Å²) < 4.78 is 41.2. The molecule has 146 valence electrons. The van der Waals surface area contributed by atoms with Gasteiger partial charge in [0.2, 0.25) is 0 Å². The number of amides is 1. The molecule has 29 heavy (non-hydrogen) atoms. The van der Waals surface area contributed by atoms with E-state index in [2.05, 4.69) is 15.5 Å². The highest BCUT2D eigenvalue weighted by molar-refractivity contribution is 7.17. The molecule has 0 bridgehead atoms. The van der Waals surface area contributed by atoms with Gasteiger partial charge in [0, 0.05) is 12.1 Å². The number of hydrogen-bond donors (Lipinski definition) is 2. The van der Waals surface area contributed by atoms with E-state index in [0.29, 0.717) is 22.6 Å². The Morgan fingerprint density at radius 1 is 0.966 bits per heavy atom. The predicted octanol–water partition coefficient (Wildman–Crippen LogP) is 5.40. The van der Waals surface area contributed by atoms with Crippen LogP contribution in [0.15, 0.2) is 60.7 Å². The van der Waals surface area contributed by atoms with Gasteiger partial charge in [0.25, 0.3) is 5.91 Å². The van der Waals surface area contributed by atoms with Gasteiger partial charge >= 0.3 is 0 Å². The largest absolute Gasteiger partial charge is 0.316 e. The van der Waals surface area contributed by atoms with Gasteiger partial charge in [-0.1, -0.05) is 24.3 Å². The number of aromatic nitrogens is 2. The molecule has 4 aromatic rings. The molecule has 4 nitrogen and oxygen atoms in total. The second kappa shape index (κ2) is 7.92. The van der Waals surface area contributed by atoms with Crippen molar-refractivity contribution in [3.8, 4) is 10.6 Å². The van der Waals surface area contributed by atoms with Crippen LogP contribution in [0, 0.1) is 17.5 Å². The molecule has 0 atom stereocenters. The van der Waals surface area contributed by atoms with Gasteiger partial charge in [-0.3, -0.25) is 9.89 Å². The zero-order chi connectivity index (χ0) is 20.4. The number of carbonyl (C=O) groups is 1. The van der Waals surface area contributed by atoms with E-state index in [4.69, 9.17) is 0 Å². The lowest BCUT2D eigenvalue weighted by atomic mass is 10.1. The van der Waals surface area contributed by atoms with E-state index in [1.165, 1.54) is 12.1 Å². The van der Waals surface area contributed by atoms with Crippen LogP contribution >= 0.6 is 11.3 Å². The lowest BCUT2D eigenvalue weighted by molar-refractivity contribution is 0.102. The fraction of sp³-hybridized carbons (Fsp3) is 0.0476. The monoisotopic (exact) mass is 413 g/mol. The Bertz CT molecular complexity index is 1170. The van der Waals surface area contributed by atoms with Gasteiger partial charge in [-0.15, -0.1) is 11.3 Å². The topological polar surface area (TPSA) is 57.8 Å². The Labute approximate surface area is 168 Å². The van der Waals surface area contributed by atoms with Crippen molar-refractivity contribution in [2.75, 3.05) is 5.32 Å². The predicted molar refractivity (Wildman–Crippen MR) is 105 cm³/mol. The van der Waals surface area contributed by atoms with Crippen molar-refractivity contribution in [3.63, 3.8) is 0 Å². The second-order valence-electron chi connectivity index (χ2n) is 6.26. The first-order valence-electron chi connectivity index (χ1n) is 8.64. The third-order valence-electron chi connectivity index (χ3n) is 4.25. The summed E-state index contributed by atoms with van der Waals surface area (Å²) >= 11 is 1.13. The van der Waals surface area contributed by atoms with Crippen molar-refractivity contribution in [1.29, 1.82) is 0 Å². The number of para-hydroxylation sites is 1. The number of halogens is 3. The standard InChI is InChI=1S/C21H14F3N3OS/c22-14-5-2-1-4-12(14)10-13-11-17(27-26-13)18-8-9-19(29-18)21(28)25-20-15(23)6-3-7-16(20)24/h1-9,11H,10H2,(H,25,28)(H,26,27). The molecule has 0 spiro atoms. The van der Waals surface area contributed by atoms with Crippen LogP contribution in [0.1, 0.15) is 20.9 Å². The van der Waals surface area contributed by atoms with Crippen LogP contribution < -0.4 is 5.32 Å². The van der Waals surface area contributed by atoms with Crippen molar-refractivity contribution in [1.82, 2.24) is 10.2 Å². The van der Waals surface area contributed by atoms with E-state index in [9.17, 15) is 18.0 Å². The highest BCUT2D eigenvalue weighted by Gasteiger charge is 2.16. The van der Waals surface area contributed by atoms with E-state index >= 15 is 0 Å². The average Bonchev–Trinajstić information content (AvgIpc) is 3.36. The maximum atomic E-state index is 13.8. The second-order valence-corrected chi connectivity index (χ2v) is 7.35.